The number of carbonyl (C=O) groups is 1. The molecule has 0 spiro atoms. The molecule has 0 unspecified atom stereocenters. The lowest BCUT2D eigenvalue weighted by molar-refractivity contribution is -0.129. The highest BCUT2D eigenvalue weighted by atomic mass is 32.2. The molecule has 4 N–H and O–H groups in total. The molecule has 1 rings (SSSR count). The van der Waals surface area contributed by atoms with E-state index in [9.17, 15) is 4.79 Å². The van der Waals surface area contributed by atoms with Crippen molar-refractivity contribution in [3.05, 3.63) is 23.3 Å². The molecule has 0 bridgehead atoms. The van der Waals surface area contributed by atoms with Crippen molar-refractivity contribution in [2.45, 2.75) is 11.8 Å². The molecule has 1 aromatic carbocycles. The van der Waals surface area contributed by atoms with Crippen LogP contribution in [0, 0.1) is 12.3 Å². The molecule has 0 aliphatic rings. The second kappa shape index (κ2) is 4.35. The average Bonchev–Trinajstić information content (AvgIpc) is 2.19. The molecule has 0 heterocycles. The number of anilines is 1. The predicted molar refractivity (Wildman–Crippen MR) is 61.8 cm³/mol. The van der Waals surface area contributed by atoms with Gasteiger partial charge in [-0.3, -0.25) is 5.41 Å². The van der Waals surface area contributed by atoms with Crippen molar-refractivity contribution in [2.24, 2.45) is 0 Å². The molecule has 80 valence electrons. The topological polar surface area (TPSA) is 87.2 Å². The number of hydrogen-bond donors (Lipinski definition) is 3. The van der Waals surface area contributed by atoms with Gasteiger partial charge in [0.15, 0.2) is 0 Å². The Morgan fingerprint density at radius 2 is 2.13 bits per heavy atom. The Balaban J connectivity index is 3.35. The minimum Gasteiger partial charge on any atom is -0.477 e. The first-order valence-electron chi connectivity index (χ1n) is 4.23. The average molecular weight is 224 g/mol. The third-order valence-electron chi connectivity index (χ3n) is 1.99. The highest BCUT2D eigenvalue weighted by Gasteiger charge is 2.15. The molecule has 0 aliphatic carbocycles. The third-order valence-corrected chi connectivity index (χ3v) is 2.77. The molecule has 5 heteroatoms. The van der Waals surface area contributed by atoms with Crippen LogP contribution in [0.2, 0.25) is 0 Å². The molecule has 0 saturated carbocycles. The number of benzene rings is 1. The van der Waals surface area contributed by atoms with E-state index in [1.807, 2.05) is 19.2 Å². The Bertz CT molecular complexity index is 430. The lowest BCUT2D eigenvalue weighted by Crippen LogP contribution is -2.15. The first kappa shape index (κ1) is 11.6. The zero-order valence-corrected chi connectivity index (χ0v) is 9.31. The number of rotatable bonds is 3. The van der Waals surface area contributed by atoms with Gasteiger partial charge >= 0.3 is 5.97 Å². The van der Waals surface area contributed by atoms with Gasteiger partial charge in [-0.2, -0.15) is 0 Å². The van der Waals surface area contributed by atoms with Gasteiger partial charge in [-0.05, 0) is 30.9 Å². The lowest BCUT2D eigenvalue weighted by Gasteiger charge is -2.09. The van der Waals surface area contributed by atoms with Gasteiger partial charge in [-0.15, -0.1) is 11.8 Å². The molecule has 1 aromatic rings. The summed E-state index contributed by atoms with van der Waals surface area (Å²) in [6.45, 7) is 1.85. The standard InChI is InChI=1S/C10H12N2O2S/c1-5-3-6(9(12)10(13)14)8(11)7(4-5)15-2/h3-4,12H,11H2,1-2H3,(H,13,14). The molecular weight excluding hydrogens is 212 g/mol. The second-order valence-corrected chi connectivity index (χ2v) is 3.96. The zero-order valence-electron chi connectivity index (χ0n) is 8.50. The van der Waals surface area contributed by atoms with Crippen LogP contribution < -0.4 is 5.73 Å². The number of carboxylic acid groups (broad SMARTS) is 1. The summed E-state index contributed by atoms with van der Waals surface area (Å²) in [6, 6.07) is 3.49. The number of carboxylic acids is 1. The maximum Gasteiger partial charge on any atom is 0.354 e. The largest absolute Gasteiger partial charge is 0.477 e. The van der Waals surface area contributed by atoms with Crippen LogP contribution in [0.25, 0.3) is 0 Å². The van der Waals surface area contributed by atoms with E-state index in [0.29, 0.717) is 5.69 Å². The van der Waals surface area contributed by atoms with E-state index < -0.39 is 11.7 Å². The van der Waals surface area contributed by atoms with E-state index in [0.717, 1.165) is 10.5 Å². The van der Waals surface area contributed by atoms with E-state index >= 15 is 0 Å². The van der Waals surface area contributed by atoms with Gasteiger partial charge in [0.1, 0.15) is 5.71 Å². The van der Waals surface area contributed by atoms with Crippen LogP contribution in [-0.4, -0.2) is 23.0 Å². The molecule has 0 radical (unpaired) electrons. The molecule has 0 amide bonds. The Labute approximate surface area is 92.0 Å². The van der Waals surface area contributed by atoms with Crippen molar-refractivity contribution in [3.8, 4) is 0 Å². The predicted octanol–water partition coefficient (Wildman–Crippen LogP) is 1.75. The van der Waals surface area contributed by atoms with Gasteiger partial charge in [-0.25, -0.2) is 4.79 Å². The van der Waals surface area contributed by atoms with Gasteiger partial charge in [-0.1, -0.05) is 0 Å². The molecular formula is C10H12N2O2S. The van der Waals surface area contributed by atoms with Crippen LogP contribution >= 0.6 is 11.8 Å². The SMILES string of the molecule is CSc1cc(C)cc(C(=N)C(=O)O)c1N. The molecule has 0 aromatic heterocycles. The fourth-order valence-electron chi connectivity index (χ4n) is 1.26. The van der Waals surface area contributed by atoms with E-state index in [1.165, 1.54) is 11.8 Å². The summed E-state index contributed by atoms with van der Waals surface area (Å²) in [5.41, 5.74) is 6.85. The number of nitrogens with two attached hydrogens (primary N) is 1. The monoisotopic (exact) mass is 224 g/mol. The van der Waals surface area contributed by atoms with Crippen molar-refractivity contribution in [2.75, 3.05) is 12.0 Å². The molecule has 0 aliphatic heterocycles. The summed E-state index contributed by atoms with van der Waals surface area (Å²) in [7, 11) is 0. The normalized spacial score (nSPS) is 10.0. The highest BCUT2D eigenvalue weighted by Crippen LogP contribution is 2.28. The molecule has 0 saturated heterocycles. The fraction of sp³-hybridized carbons (Fsp3) is 0.200. The van der Waals surface area contributed by atoms with Gasteiger partial charge in [0.2, 0.25) is 0 Å². The quantitative estimate of drug-likeness (QED) is 0.414. The van der Waals surface area contributed by atoms with Gasteiger partial charge in [0.25, 0.3) is 0 Å². The minimum atomic E-state index is -1.26. The Hall–Kier alpha value is -1.49. The fourth-order valence-corrected chi connectivity index (χ4v) is 1.89. The number of thioether (sulfide) groups is 1. The van der Waals surface area contributed by atoms with Crippen LogP contribution in [0.3, 0.4) is 0 Å². The maximum atomic E-state index is 10.7. The Morgan fingerprint density at radius 3 is 2.60 bits per heavy atom. The van der Waals surface area contributed by atoms with Crippen molar-refractivity contribution in [1.29, 1.82) is 5.41 Å². The third kappa shape index (κ3) is 2.30. The Kier molecular flexibility index (Phi) is 3.36. The van der Waals surface area contributed by atoms with Crippen molar-refractivity contribution in [1.82, 2.24) is 0 Å². The summed E-state index contributed by atoms with van der Waals surface area (Å²) < 4.78 is 0. The van der Waals surface area contributed by atoms with Crippen LogP contribution in [0.4, 0.5) is 5.69 Å². The van der Waals surface area contributed by atoms with Crippen molar-refractivity contribution >= 4 is 29.1 Å². The number of hydrogen-bond acceptors (Lipinski definition) is 4. The van der Waals surface area contributed by atoms with E-state index in [4.69, 9.17) is 16.2 Å². The smallest absolute Gasteiger partial charge is 0.354 e. The number of aliphatic carboxylic acids is 1. The van der Waals surface area contributed by atoms with Gasteiger partial charge < -0.3 is 10.8 Å². The van der Waals surface area contributed by atoms with Gasteiger partial charge in [0.05, 0.1) is 5.69 Å². The summed E-state index contributed by atoms with van der Waals surface area (Å²) in [6.07, 6.45) is 1.86. The summed E-state index contributed by atoms with van der Waals surface area (Å²) >= 11 is 1.44. The van der Waals surface area contributed by atoms with Crippen LogP contribution in [-0.2, 0) is 4.79 Å². The summed E-state index contributed by atoms with van der Waals surface area (Å²) in [5.74, 6) is -1.26. The lowest BCUT2D eigenvalue weighted by atomic mass is 10.1. The first-order chi connectivity index (χ1) is 6.97. The first-order valence-corrected chi connectivity index (χ1v) is 5.46. The number of aryl methyl sites for hydroxylation is 1. The van der Waals surface area contributed by atoms with Crippen LogP contribution in [0.15, 0.2) is 17.0 Å². The molecule has 4 nitrogen and oxygen atoms in total. The van der Waals surface area contributed by atoms with Crippen molar-refractivity contribution in [3.63, 3.8) is 0 Å². The second-order valence-electron chi connectivity index (χ2n) is 3.11. The minimum absolute atomic E-state index is 0.284. The summed E-state index contributed by atoms with van der Waals surface area (Å²) in [4.78, 5) is 11.5. The molecule has 15 heavy (non-hydrogen) atoms. The number of nitrogen functional groups attached to an aromatic ring is 1. The Morgan fingerprint density at radius 1 is 1.53 bits per heavy atom. The van der Waals surface area contributed by atoms with E-state index in [2.05, 4.69) is 0 Å². The highest BCUT2D eigenvalue weighted by molar-refractivity contribution is 7.98. The van der Waals surface area contributed by atoms with Crippen molar-refractivity contribution < 1.29 is 9.90 Å². The van der Waals surface area contributed by atoms with Crippen LogP contribution in [0.5, 0.6) is 0 Å². The molecule has 0 atom stereocenters. The van der Waals surface area contributed by atoms with Gasteiger partial charge in [0, 0.05) is 10.5 Å². The van der Waals surface area contributed by atoms with E-state index in [-0.39, 0.29) is 5.56 Å². The van der Waals surface area contributed by atoms with Crippen LogP contribution in [0.1, 0.15) is 11.1 Å². The maximum absolute atomic E-state index is 10.7. The van der Waals surface area contributed by atoms with E-state index in [1.54, 1.807) is 6.07 Å². The summed E-state index contributed by atoms with van der Waals surface area (Å²) in [5, 5.41) is 16.1. The zero-order chi connectivity index (χ0) is 11.6. The molecule has 0 fully saturated rings. The number of nitrogens with one attached hydrogen (secondary N) is 1.